The molecule has 0 saturated heterocycles. The normalized spacial score (nSPS) is 17.1. The maximum atomic E-state index is 6.37. The Kier molecular flexibility index (Phi) is 4.47. The zero-order valence-electron chi connectivity index (χ0n) is 10.8. The molecule has 1 aromatic carbocycles. The molecule has 1 nitrogen and oxygen atoms in total. The van der Waals surface area contributed by atoms with Crippen LogP contribution in [0.5, 0.6) is 0 Å². The van der Waals surface area contributed by atoms with Gasteiger partial charge in [0.25, 0.3) is 0 Å². The Labute approximate surface area is 110 Å². The highest BCUT2D eigenvalue weighted by Crippen LogP contribution is 2.39. The highest BCUT2D eigenvalue weighted by Gasteiger charge is 2.26. The summed E-state index contributed by atoms with van der Waals surface area (Å²) in [6, 6.07) is 6.86. The standard InChI is InChI=1S/C15H22ClN/c1-3-8-17-15(10-12-5-6-12)13-7-4-11(2)9-14(13)16/h4,7,9,12,15,17H,3,5-6,8,10H2,1-2H3. The summed E-state index contributed by atoms with van der Waals surface area (Å²) in [5.74, 6) is 0.918. The fraction of sp³-hybridized carbons (Fsp3) is 0.600. The van der Waals surface area contributed by atoms with Crippen LogP contribution in [0.15, 0.2) is 18.2 Å². The number of aryl methyl sites for hydroxylation is 1. The van der Waals surface area contributed by atoms with Crippen molar-refractivity contribution in [2.75, 3.05) is 6.54 Å². The predicted molar refractivity (Wildman–Crippen MR) is 74.6 cm³/mol. The van der Waals surface area contributed by atoms with E-state index < -0.39 is 0 Å². The van der Waals surface area contributed by atoms with Gasteiger partial charge in [-0.3, -0.25) is 0 Å². The summed E-state index contributed by atoms with van der Waals surface area (Å²) < 4.78 is 0. The molecule has 0 bridgehead atoms. The van der Waals surface area contributed by atoms with Crippen molar-refractivity contribution in [3.63, 3.8) is 0 Å². The van der Waals surface area contributed by atoms with E-state index in [9.17, 15) is 0 Å². The molecule has 17 heavy (non-hydrogen) atoms. The molecule has 0 spiro atoms. The van der Waals surface area contributed by atoms with E-state index >= 15 is 0 Å². The van der Waals surface area contributed by atoms with Gasteiger partial charge in [-0.05, 0) is 49.4 Å². The average Bonchev–Trinajstić information content (AvgIpc) is 3.08. The second-order valence-electron chi connectivity index (χ2n) is 5.21. The zero-order valence-corrected chi connectivity index (χ0v) is 11.6. The molecular formula is C15H22ClN. The lowest BCUT2D eigenvalue weighted by molar-refractivity contribution is 0.474. The molecule has 2 rings (SSSR count). The van der Waals surface area contributed by atoms with Gasteiger partial charge in [0, 0.05) is 11.1 Å². The fourth-order valence-electron chi connectivity index (χ4n) is 2.24. The maximum absolute atomic E-state index is 6.37. The number of hydrogen-bond acceptors (Lipinski definition) is 1. The summed E-state index contributed by atoms with van der Waals surface area (Å²) in [4.78, 5) is 0. The minimum absolute atomic E-state index is 0.440. The van der Waals surface area contributed by atoms with Crippen molar-refractivity contribution in [3.8, 4) is 0 Å². The van der Waals surface area contributed by atoms with Crippen LogP contribution in [0, 0.1) is 12.8 Å². The molecule has 1 atom stereocenters. The molecule has 1 unspecified atom stereocenters. The minimum Gasteiger partial charge on any atom is -0.310 e. The summed E-state index contributed by atoms with van der Waals surface area (Å²) in [7, 11) is 0. The van der Waals surface area contributed by atoms with Gasteiger partial charge in [-0.1, -0.05) is 43.5 Å². The molecule has 1 fully saturated rings. The predicted octanol–water partition coefficient (Wildman–Crippen LogP) is 4.49. The van der Waals surface area contributed by atoms with Crippen LogP contribution < -0.4 is 5.32 Å². The van der Waals surface area contributed by atoms with Gasteiger partial charge in [0.05, 0.1) is 0 Å². The number of benzene rings is 1. The lowest BCUT2D eigenvalue weighted by atomic mass is 9.99. The first-order valence-electron chi connectivity index (χ1n) is 6.70. The largest absolute Gasteiger partial charge is 0.310 e. The van der Waals surface area contributed by atoms with Crippen LogP contribution >= 0.6 is 11.6 Å². The minimum atomic E-state index is 0.440. The van der Waals surface area contributed by atoms with Crippen molar-refractivity contribution < 1.29 is 0 Å². The molecule has 1 aliphatic rings. The van der Waals surface area contributed by atoms with E-state index in [1.165, 1.54) is 36.8 Å². The lowest BCUT2D eigenvalue weighted by Gasteiger charge is -2.20. The van der Waals surface area contributed by atoms with E-state index in [0.717, 1.165) is 17.5 Å². The molecule has 0 radical (unpaired) electrons. The Hall–Kier alpha value is -0.530. The summed E-state index contributed by atoms with van der Waals surface area (Å²) in [5, 5.41) is 4.55. The van der Waals surface area contributed by atoms with E-state index in [0.29, 0.717) is 6.04 Å². The van der Waals surface area contributed by atoms with Gasteiger partial charge in [-0.2, -0.15) is 0 Å². The second-order valence-corrected chi connectivity index (χ2v) is 5.62. The Morgan fingerprint density at radius 1 is 1.41 bits per heavy atom. The first kappa shape index (κ1) is 12.9. The van der Waals surface area contributed by atoms with E-state index in [1.807, 2.05) is 0 Å². The Bertz CT molecular complexity index is 371. The second kappa shape index (κ2) is 5.88. The summed E-state index contributed by atoms with van der Waals surface area (Å²) in [6.45, 7) is 5.37. The first-order valence-corrected chi connectivity index (χ1v) is 7.08. The van der Waals surface area contributed by atoms with Crippen LogP contribution in [0.1, 0.15) is 49.8 Å². The van der Waals surface area contributed by atoms with Crippen LogP contribution in [0.4, 0.5) is 0 Å². The van der Waals surface area contributed by atoms with Crippen LogP contribution in [-0.4, -0.2) is 6.54 Å². The third kappa shape index (κ3) is 3.72. The van der Waals surface area contributed by atoms with Crippen LogP contribution in [-0.2, 0) is 0 Å². The van der Waals surface area contributed by atoms with Gasteiger partial charge in [0.15, 0.2) is 0 Å². The molecule has 0 aliphatic heterocycles. The topological polar surface area (TPSA) is 12.0 Å². The lowest BCUT2D eigenvalue weighted by Crippen LogP contribution is -2.23. The van der Waals surface area contributed by atoms with Crippen molar-refractivity contribution >= 4 is 11.6 Å². The summed E-state index contributed by atoms with van der Waals surface area (Å²) in [5.41, 5.74) is 2.51. The Balaban J connectivity index is 2.11. The number of halogens is 1. The molecule has 1 aromatic rings. The maximum Gasteiger partial charge on any atom is 0.0456 e. The van der Waals surface area contributed by atoms with Crippen molar-refractivity contribution in [2.45, 2.75) is 45.6 Å². The third-order valence-corrected chi connectivity index (χ3v) is 3.77. The van der Waals surface area contributed by atoms with Crippen LogP contribution in [0.2, 0.25) is 5.02 Å². The highest BCUT2D eigenvalue weighted by atomic mass is 35.5. The molecule has 2 heteroatoms. The Morgan fingerprint density at radius 2 is 2.18 bits per heavy atom. The number of nitrogens with one attached hydrogen (secondary N) is 1. The van der Waals surface area contributed by atoms with Gasteiger partial charge < -0.3 is 5.32 Å². The average molecular weight is 252 g/mol. The SMILES string of the molecule is CCCNC(CC1CC1)c1ccc(C)cc1Cl. The molecule has 1 saturated carbocycles. The molecule has 1 aliphatic carbocycles. The first-order chi connectivity index (χ1) is 8.20. The third-order valence-electron chi connectivity index (χ3n) is 3.44. The number of rotatable bonds is 6. The van der Waals surface area contributed by atoms with Crippen molar-refractivity contribution in [2.24, 2.45) is 5.92 Å². The van der Waals surface area contributed by atoms with Crippen LogP contribution in [0.25, 0.3) is 0 Å². The molecule has 1 N–H and O–H groups in total. The molecular weight excluding hydrogens is 230 g/mol. The van der Waals surface area contributed by atoms with Gasteiger partial charge in [-0.25, -0.2) is 0 Å². The molecule has 0 amide bonds. The molecule has 0 heterocycles. The van der Waals surface area contributed by atoms with Crippen molar-refractivity contribution in [1.29, 1.82) is 0 Å². The Morgan fingerprint density at radius 3 is 2.76 bits per heavy atom. The fourth-order valence-corrected chi connectivity index (χ4v) is 2.61. The van der Waals surface area contributed by atoms with E-state index in [4.69, 9.17) is 11.6 Å². The summed E-state index contributed by atoms with van der Waals surface area (Å²) >= 11 is 6.37. The quantitative estimate of drug-likeness (QED) is 0.786. The molecule has 0 aromatic heterocycles. The summed E-state index contributed by atoms with van der Waals surface area (Å²) in [6.07, 6.45) is 5.20. The smallest absolute Gasteiger partial charge is 0.0456 e. The number of hydrogen-bond donors (Lipinski definition) is 1. The van der Waals surface area contributed by atoms with Crippen molar-refractivity contribution in [1.82, 2.24) is 5.32 Å². The van der Waals surface area contributed by atoms with Gasteiger partial charge in [0.2, 0.25) is 0 Å². The highest BCUT2D eigenvalue weighted by molar-refractivity contribution is 6.31. The van der Waals surface area contributed by atoms with Gasteiger partial charge in [-0.15, -0.1) is 0 Å². The monoisotopic (exact) mass is 251 g/mol. The van der Waals surface area contributed by atoms with Crippen molar-refractivity contribution in [3.05, 3.63) is 34.3 Å². The van der Waals surface area contributed by atoms with Crippen LogP contribution in [0.3, 0.4) is 0 Å². The van der Waals surface area contributed by atoms with Gasteiger partial charge >= 0.3 is 0 Å². The van der Waals surface area contributed by atoms with E-state index in [-0.39, 0.29) is 0 Å². The van der Waals surface area contributed by atoms with E-state index in [2.05, 4.69) is 37.4 Å². The van der Waals surface area contributed by atoms with Gasteiger partial charge in [0.1, 0.15) is 0 Å². The molecule has 94 valence electrons. The zero-order chi connectivity index (χ0) is 12.3. The van der Waals surface area contributed by atoms with E-state index in [1.54, 1.807) is 0 Å².